The topological polar surface area (TPSA) is 111 Å². The number of thiazole rings is 1. The number of nitro groups is 1. The third-order valence-corrected chi connectivity index (χ3v) is 6.08. The molecule has 0 saturated heterocycles. The Morgan fingerprint density at radius 1 is 1.19 bits per heavy atom. The average molecular weight is 393 g/mol. The molecule has 1 aromatic heterocycles. The van der Waals surface area contributed by atoms with Gasteiger partial charge in [0.05, 0.1) is 20.8 Å². The highest BCUT2D eigenvalue weighted by Gasteiger charge is 2.25. The minimum Gasteiger partial charge on any atom is -0.296 e. The van der Waals surface area contributed by atoms with Gasteiger partial charge in [0, 0.05) is 12.1 Å². The predicted octanol–water partition coefficient (Wildman–Crippen LogP) is 3.35. The van der Waals surface area contributed by atoms with E-state index in [1.807, 2.05) is 13.8 Å². The molecule has 8 nitrogen and oxygen atoms in total. The minimum atomic E-state index is -4.15. The number of nitro benzene ring substituents is 1. The van der Waals surface area contributed by atoms with Crippen LogP contribution in [0.25, 0.3) is 10.2 Å². The molecule has 3 rings (SSSR count). The molecule has 136 valence electrons. The maximum Gasteiger partial charge on any atom is 0.308 e. The lowest BCUT2D eigenvalue weighted by molar-refractivity contribution is -0.387. The summed E-state index contributed by atoms with van der Waals surface area (Å²) in [6.07, 6.45) is 0. The number of aromatic nitrogens is 1. The SMILES string of the molecule is CC(C)n1c(=O)sc2cc(NS(=O)(=O)c3ccccc3[N+](=O)[O-])ccc21. The summed E-state index contributed by atoms with van der Waals surface area (Å²) in [5.41, 5.74) is 0.438. The molecule has 10 heteroatoms. The van der Waals surface area contributed by atoms with E-state index in [-0.39, 0.29) is 16.6 Å². The molecule has 26 heavy (non-hydrogen) atoms. The first-order valence-corrected chi connectivity index (χ1v) is 9.92. The quantitative estimate of drug-likeness (QED) is 0.528. The molecule has 0 aliphatic carbocycles. The summed E-state index contributed by atoms with van der Waals surface area (Å²) in [7, 11) is -4.15. The first-order chi connectivity index (χ1) is 12.2. The summed E-state index contributed by atoms with van der Waals surface area (Å²) in [6.45, 7) is 3.78. The normalized spacial score (nSPS) is 11.8. The average Bonchev–Trinajstić information content (AvgIpc) is 2.89. The molecule has 2 aromatic carbocycles. The smallest absolute Gasteiger partial charge is 0.296 e. The monoisotopic (exact) mass is 393 g/mol. The molecular weight excluding hydrogens is 378 g/mol. The lowest BCUT2D eigenvalue weighted by Gasteiger charge is -2.10. The Hall–Kier alpha value is -2.72. The van der Waals surface area contributed by atoms with Gasteiger partial charge in [-0.05, 0) is 38.1 Å². The summed E-state index contributed by atoms with van der Waals surface area (Å²) in [4.78, 5) is 21.9. The van der Waals surface area contributed by atoms with Gasteiger partial charge in [-0.25, -0.2) is 8.42 Å². The molecular formula is C16H15N3O5S2. The molecule has 3 aromatic rings. The van der Waals surface area contributed by atoms with Gasteiger partial charge < -0.3 is 0 Å². The number of nitrogens with zero attached hydrogens (tertiary/aromatic N) is 2. The zero-order chi connectivity index (χ0) is 19.1. The van der Waals surface area contributed by atoms with E-state index in [4.69, 9.17) is 0 Å². The van der Waals surface area contributed by atoms with Gasteiger partial charge in [0.15, 0.2) is 4.90 Å². The van der Waals surface area contributed by atoms with Crippen LogP contribution in [0.5, 0.6) is 0 Å². The van der Waals surface area contributed by atoms with Crippen LogP contribution in [0, 0.1) is 10.1 Å². The van der Waals surface area contributed by atoms with Crippen LogP contribution in [-0.2, 0) is 10.0 Å². The Morgan fingerprint density at radius 3 is 2.54 bits per heavy atom. The van der Waals surface area contributed by atoms with Gasteiger partial charge in [0.25, 0.3) is 15.7 Å². The second kappa shape index (κ2) is 6.54. The van der Waals surface area contributed by atoms with E-state index in [9.17, 15) is 23.3 Å². The third kappa shape index (κ3) is 3.20. The van der Waals surface area contributed by atoms with Crippen molar-refractivity contribution >= 4 is 43.0 Å². The van der Waals surface area contributed by atoms with Crippen molar-refractivity contribution in [1.29, 1.82) is 0 Å². The highest BCUT2D eigenvalue weighted by molar-refractivity contribution is 7.92. The Bertz CT molecular complexity index is 1160. The fourth-order valence-corrected chi connectivity index (χ4v) is 4.91. The van der Waals surface area contributed by atoms with Crippen molar-refractivity contribution in [1.82, 2.24) is 4.57 Å². The molecule has 0 atom stereocenters. The largest absolute Gasteiger partial charge is 0.308 e. The van der Waals surface area contributed by atoms with Crippen molar-refractivity contribution in [2.45, 2.75) is 24.8 Å². The molecule has 0 fully saturated rings. The molecule has 0 unspecified atom stereocenters. The number of benzene rings is 2. The van der Waals surface area contributed by atoms with E-state index in [1.165, 1.54) is 24.3 Å². The number of anilines is 1. The molecule has 0 spiro atoms. The molecule has 1 heterocycles. The lowest BCUT2D eigenvalue weighted by atomic mass is 10.3. The molecule has 1 N–H and O–H groups in total. The first kappa shape index (κ1) is 18.1. The van der Waals surface area contributed by atoms with Gasteiger partial charge in [-0.3, -0.25) is 24.2 Å². The van der Waals surface area contributed by atoms with Crippen molar-refractivity contribution in [3.05, 3.63) is 62.2 Å². The number of nitrogens with one attached hydrogen (secondary N) is 1. The van der Waals surface area contributed by atoms with E-state index < -0.39 is 25.5 Å². The minimum absolute atomic E-state index is 0.0224. The Kier molecular flexibility index (Phi) is 4.55. The zero-order valence-corrected chi connectivity index (χ0v) is 15.5. The number of para-hydroxylation sites is 1. The number of hydrogen-bond acceptors (Lipinski definition) is 6. The van der Waals surface area contributed by atoms with E-state index in [2.05, 4.69) is 4.72 Å². The molecule has 0 saturated carbocycles. The number of fused-ring (bicyclic) bond motifs is 1. The van der Waals surface area contributed by atoms with Gasteiger partial charge in [0.2, 0.25) is 0 Å². The van der Waals surface area contributed by atoms with Crippen LogP contribution in [0.15, 0.2) is 52.2 Å². The zero-order valence-electron chi connectivity index (χ0n) is 13.9. The van der Waals surface area contributed by atoms with Crippen LogP contribution >= 0.6 is 11.3 Å². The van der Waals surface area contributed by atoms with E-state index >= 15 is 0 Å². The van der Waals surface area contributed by atoms with Crippen molar-refractivity contribution < 1.29 is 13.3 Å². The van der Waals surface area contributed by atoms with Crippen LogP contribution in [-0.4, -0.2) is 17.9 Å². The van der Waals surface area contributed by atoms with Gasteiger partial charge in [-0.1, -0.05) is 23.5 Å². The Labute approximate surface area is 152 Å². The summed E-state index contributed by atoms with van der Waals surface area (Å²) in [5, 5.41) is 11.1. The summed E-state index contributed by atoms with van der Waals surface area (Å²) < 4.78 is 29.7. The maximum absolute atomic E-state index is 12.6. The van der Waals surface area contributed by atoms with Crippen molar-refractivity contribution in [3.63, 3.8) is 0 Å². The summed E-state index contributed by atoms with van der Waals surface area (Å²) in [5.74, 6) is 0. The fourth-order valence-electron chi connectivity index (χ4n) is 2.63. The van der Waals surface area contributed by atoms with E-state index in [0.29, 0.717) is 10.2 Å². The molecule has 0 radical (unpaired) electrons. The van der Waals surface area contributed by atoms with Crippen molar-refractivity contribution in [2.75, 3.05) is 4.72 Å². The number of rotatable bonds is 5. The highest BCUT2D eigenvalue weighted by atomic mass is 32.2. The number of hydrogen-bond donors (Lipinski definition) is 1. The fraction of sp³-hybridized carbons (Fsp3) is 0.188. The predicted molar refractivity (Wildman–Crippen MR) is 100 cm³/mol. The van der Waals surface area contributed by atoms with Gasteiger partial charge in [-0.2, -0.15) is 0 Å². The van der Waals surface area contributed by atoms with Gasteiger partial charge in [0.1, 0.15) is 0 Å². The second-order valence-corrected chi connectivity index (χ2v) is 8.49. The molecule has 0 amide bonds. The molecule has 0 aliphatic rings. The summed E-state index contributed by atoms with van der Waals surface area (Å²) in [6, 6.07) is 9.83. The molecule has 0 bridgehead atoms. The van der Waals surface area contributed by atoms with Crippen LogP contribution in [0.2, 0.25) is 0 Å². The van der Waals surface area contributed by atoms with Crippen molar-refractivity contribution in [3.8, 4) is 0 Å². The standard InChI is InChI=1S/C16H15N3O5S2/c1-10(2)18-12-8-7-11(9-14(12)25-16(18)20)17-26(23,24)15-6-4-3-5-13(15)19(21)22/h3-10,17H,1-2H3. The number of sulfonamides is 1. The second-order valence-electron chi connectivity index (χ2n) is 5.84. The van der Waals surface area contributed by atoms with Gasteiger partial charge >= 0.3 is 4.87 Å². The van der Waals surface area contributed by atoms with Crippen molar-refractivity contribution in [2.24, 2.45) is 0 Å². The van der Waals surface area contributed by atoms with Crippen LogP contribution in [0.1, 0.15) is 19.9 Å². The van der Waals surface area contributed by atoms with E-state index in [1.54, 1.807) is 16.7 Å². The first-order valence-electron chi connectivity index (χ1n) is 7.62. The lowest BCUT2D eigenvalue weighted by Crippen LogP contribution is -2.15. The third-order valence-electron chi connectivity index (χ3n) is 3.73. The Morgan fingerprint density at radius 2 is 1.88 bits per heavy atom. The molecule has 0 aliphatic heterocycles. The van der Waals surface area contributed by atoms with E-state index in [0.717, 1.165) is 17.4 Å². The van der Waals surface area contributed by atoms with Crippen LogP contribution < -0.4 is 9.60 Å². The highest BCUT2D eigenvalue weighted by Crippen LogP contribution is 2.28. The summed E-state index contributed by atoms with van der Waals surface area (Å²) >= 11 is 1.02. The van der Waals surface area contributed by atoms with Crippen LogP contribution in [0.4, 0.5) is 11.4 Å². The maximum atomic E-state index is 12.6. The Balaban J connectivity index is 2.04. The van der Waals surface area contributed by atoms with Crippen LogP contribution in [0.3, 0.4) is 0 Å². The van der Waals surface area contributed by atoms with Gasteiger partial charge in [-0.15, -0.1) is 0 Å².